The normalized spacial score (nSPS) is 21.3. The number of carbonyl (C=O) groups excluding carboxylic acids is 1. The van der Waals surface area contributed by atoms with Gasteiger partial charge in [0.25, 0.3) is 5.91 Å². The van der Waals surface area contributed by atoms with Gasteiger partial charge in [-0.15, -0.1) is 11.3 Å². The predicted octanol–water partition coefficient (Wildman–Crippen LogP) is 2.96. The van der Waals surface area contributed by atoms with Crippen LogP contribution in [0.25, 0.3) is 10.4 Å². The van der Waals surface area contributed by atoms with Crippen molar-refractivity contribution in [3.8, 4) is 10.4 Å². The first-order chi connectivity index (χ1) is 12.1. The molecule has 4 nitrogen and oxygen atoms in total. The average Bonchev–Trinajstić information content (AvgIpc) is 3.06. The number of fused-ring (bicyclic) bond motifs is 3. The van der Waals surface area contributed by atoms with Crippen LogP contribution >= 0.6 is 11.3 Å². The van der Waals surface area contributed by atoms with Crippen LogP contribution < -0.4 is 5.32 Å². The highest BCUT2D eigenvalue weighted by Crippen LogP contribution is 2.39. The molecule has 2 aromatic rings. The van der Waals surface area contributed by atoms with Crippen LogP contribution in [0.3, 0.4) is 0 Å². The van der Waals surface area contributed by atoms with Gasteiger partial charge >= 0.3 is 0 Å². The smallest absolute Gasteiger partial charge is 0.261 e. The highest BCUT2D eigenvalue weighted by atomic mass is 32.1. The Morgan fingerprint density at radius 2 is 2.12 bits per heavy atom. The monoisotopic (exact) mass is 356 g/mol. The molecule has 1 aromatic carbocycles. The van der Waals surface area contributed by atoms with E-state index in [1.54, 1.807) is 11.3 Å². The fourth-order valence-electron chi connectivity index (χ4n) is 3.67. The van der Waals surface area contributed by atoms with Crippen LogP contribution in [-0.4, -0.2) is 49.7 Å². The maximum Gasteiger partial charge on any atom is 0.261 e. The van der Waals surface area contributed by atoms with Gasteiger partial charge in [-0.3, -0.25) is 4.79 Å². The Labute approximate surface area is 152 Å². The van der Waals surface area contributed by atoms with Crippen LogP contribution in [0.2, 0.25) is 0 Å². The number of rotatable bonds is 3. The van der Waals surface area contributed by atoms with E-state index in [0.29, 0.717) is 0 Å². The zero-order valence-electron chi connectivity index (χ0n) is 14.7. The van der Waals surface area contributed by atoms with Crippen molar-refractivity contribution < 1.29 is 9.53 Å². The molecule has 1 aliphatic heterocycles. The molecule has 2 aliphatic rings. The van der Waals surface area contributed by atoms with E-state index < -0.39 is 0 Å². The van der Waals surface area contributed by atoms with Gasteiger partial charge in [-0.05, 0) is 49.6 Å². The number of ether oxygens (including phenoxy) is 1. The van der Waals surface area contributed by atoms with Crippen LogP contribution in [0.5, 0.6) is 0 Å². The standard InChI is InChI=1S/C20H24N2O2S/c1-13(17-12-22(2)9-10-24-17)21-20(23)18-11-15-8-7-14-5-3-4-6-16(14)19(15)25-18/h3-6,11,13,17H,7-10,12H2,1-2H3,(H,21,23)/t13-,17-/m0/s1. The summed E-state index contributed by atoms with van der Waals surface area (Å²) in [6.45, 7) is 4.57. The number of nitrogens with one attached hydrogen (secondary N) is 1. The van der Waals surface area contributed by atoms with Crippen LogP contribution in [0.1, 0.15) is 27.7 Å². The first-order valence-corrected chi connectivity index (χ1v) is 9.75. The molecule has 2 atom stereocenters. The van der Waals surface area contributed by atoms with E-state index in [4.69, 9.17) is 4.74 Å². The third kappa shape index (κ3) is 3.36. The fourth-order valence-corrected chi connectivity index (χ4v) is 4.84. The van der Waals surface area contributed by atoms with E-state index in [0.717, 1.165) is 37.4 Å². The van der Waals surface area contributed by atoms with Gasteiger partial charge in [-0.1, -0.05) is 24.3 Å². The topological polar surface area (TPSA) is 41.6 Å². The molecule has 2 heterocycles. The van der Waals surface area contributed by atoms with Gasteiger partial charge in [-0.2, -0.15) is 0 Å². The molecule has 132 valence electrons. The Hall–Kier alpha value is -1.69. The maximum absolute atomic E-state index is 12.7. The largest absolute Gasteiger partial charge is 0.373 e. The zero-order valence-corrected chi connectivity index (χ0v) is 15.6. The van der Waals surface area contributed by atoms with Crippen LogP contribution in [-0.2, 0) is 17.6 Å². The van der Waals surface area contributed by atoms with Crippen molar-refractivity contribution >= 4 is 17.2 Å². The second kappa shape index (κ2) is 6.90. The Morgan fingerprint density at radius 1 is 1.32 bits per heavy atom. The molecule has 1 aliphatic carbocycles. The Balaban J connectivity index is 1.50. The summed E-state index contributed by atoms with van der Waals surface area (Å²) in [6, 6.07) is 10.6. The average molecular weight is 356 g/mol. The summed E-state index contributed by atoms with van der Waals surface area (Å²) in [5.74, 6) is 0.0150. The Morgan fingerprint density at radius 3 is 2.96 bits per heavy atom. The molecule has 1 N–H and O–H groups in total. The highest BCUT2D eigenvalue weighted by Gasteiger charge is 2.27. The molecule has 0 spiro atoms. The first kappa shape index (κ1) is 16.8. The molecule has 0 radical (unpaired) electrons. The number of hydrogen-bond donors (Lipinski definition) is 1. The number of aryl methyl sites for hydroxylation is 2. The predicted molar refractivity (Wildman–Crippen MR) is 101 cm³/mol. The summed E-state index contributed by atoms with van der Waals surface area (Å²) in [7, 11) is 2.09. The lowest BCUT2D eigenvalue weighted by atomic mass is 9.91. The van der Waals surface area contributed by atoms with E-state index in [1.807, 2.05) is 6.92 Å². The van der Waals surface area contributed by atoms with E-state index in [-0.39, 0.29) is 18.1 Å². The Kier molecular flexibility index (Phi) is 4.63. The second-order valence-electron chi connectivity index (χ2n) is 7.06. The number of thiophene rings is 1. The molecule has 1 amide bonds. The number of morpholine rings is 1. The minimum Gasteiger partial charge on any atom is -0.373 e. The summed E-state index contributed by atoms with van der Waals surface area (Å²) in [5, 5.41) is 3.14. The van der Waals surface area contributed by atoms with Crippen molar-refractivity contribution in [3.63, 3.8) is 0 Å². The summed E-state index contributed by atoms with van der Waals surface area (Å²) >= 11 is 1.61. The number of benzene rings is 1. The maximum atomic E-state index is 12.7. The van der Waals surface area contributed by atoms with E-state index in [1.165, 1.54) is 21.6 Å². The SMILES string of the molecule is C[C@H](NC(=O)c1cc2c(s1)-c1ccccc1CC2)[C@@H]1CN(C)CCO1. The minimum absolute atomic E-state index is 0.00154. The number of carbonyl (C=O) groups is 1. The van der Waals surface area contributed by atoms with Gasteiger partial charge in [0, 0.05) is 18.0 Å². The van der Waals surface area contributed by atoms with E-state index in [9.17, 15) is 4.79 Å². The van der Waals surface area contributed by atoms with Gasteiger partial charge < -0.3 is 15.0 Å². The fraction of sp³-hybridized carbons (Fsp3) is 0.450. The van der Waals surface area contributed by atoms with Gasteiger partial charge in [0.2, 0.25) is 0 Å². The molecular formula is C20H24N2O2S. The van der Waals surface area contributed by atoms with Crippen LogP contribution in [0.4, 0.5) is 0 Å². The molecule has 1 fully saturated rings. The number of amides is 1. The lowest BCUT2D eigenvalue weighted by Gasteiger charge is -2.33. The lowest BCUT2D eigenvalue weighted by molar-refractivity contribution is -0.0342. The summed E-state index contributed by atoms with van der Waals surface area (Å²) < 4.78 is 5.82. The summed E-state index contributed by atoms with van der Waals surface area (Å²) in [6.07, 6.45) is 2.12. The molecule has 1 saturated heterocycles. The number of likely N-dealkylation sites (N-methyl/N-ethyl adjacent to an activating group) is 1. The summed E-state index contributed by atoms with van der Waals surface area (Å²) in [4.78, 5) is 17.0. The molecule has 25 heavy (non-hydrogen) atoms. The van der Waals surface area contributed by atoms with Crippen LogP contribution in [0.15, 0.2) is 30.3 Å². The molecule has 0 unspecified atom stereocenters. The van der Waals surface area contributed by atoms with Gasteiger partial charge in [0.1, 0.15) is 0 Å². The van der Waals surface area contributed by atoms with Gasteiger partial charge in [-0.25, -0.2) is 0 Å². The molecule has 0 saturated carbocycles. The van der Waals surface area contributed by atoms with Crippen molar-refractivity contribution in [2.45, 2.75) is 31.9 Å². The second-order valence-corrected chi connectivity index (χ2v) is 8.11. The quantitative estimate of drug-likeness (QED) is 0.919. The Bertz CT molecular complexity index is 786. The number of hydrogen-bond acceptors (Lipinski definition) is 4. The highest BCUT2D eigenvalue weighted by molar-refractivity contribution is 7.17. The summed E-state index contributed by atoms with van der Waals surface area (Å²) in [5.41, 5.74) is 3.98. The minimum atomic E-state index is 0.00154. The molecule has 0 bridgehead atoms. The van der Waals surface area contributed by atoms with Crippen molar-refractivity contribution in [3.05, 3.63) is 46.3 Å². The van der Waals surface area contributed by atoms with Gasteiger partial charge in [0.05, 0.1) is 23.6 Å². The third-order valence-electron chi connectivity index (χ3n) is 5.17. The van der Waals surface area contributed by atoms with Crippen LogP contribution in [0, 0.1) is 0 Å². The number of nitrogens with zero attached hydrogens (tertiary/aromatic N) is 1. The van der Waals surface area contributed by atoms with Crippen molar-refractivity contribution in [2.24, 2.45) is 0 Å². The molecule has 5 heteroatoms. The zero-order chi connectivity index (χ0) is 17.4. The molecule has 1 aromatic heterocycles. The van der Waals surface area contributed by atoms with Crippen molar-refractivity contribution in [2.75, 3.05) is 26.7 Å². The van der Waals surface area contributed by atoms with E-state index >= 15 is 0 Å². The third-order valence-corrected chi connectivity index (χ3v) is 6.38. The first-order valence-electron chi connectivity index (χ1n) is 8.94. The van der Waals surface area contributed by atoms with Gasteiger partial charge in [0.15, 0.2) is 0 Å². The molecular weight excluding hydrogens is 332 g/mol. The van der Waals surface area contributed by atoms with Crippen molar-refractivity contribution in [1.29, 1.82) is 0 Å². The molecule has 4 rings (SSSR count). The van der Waals surface area contributed by atoms with Crippen molar-refractivity contribution in [1.82, 2.24) is 10.2 Å². The van der Waals surface area contributed by atoms with E-state index in [2.05, 4.69) is 47.6 Å². The lowest BCUT2D eigenvalue weighted by Crippen LogP contribution is -2.51.